The number of esters is 1. The molecule has 0 aliphatic carbocycles. The van der Waals surface area contributed by atoms with Crippen LogP contribution < -0.4 is 10.2 Å². The molecule has 0 spiro atoms. The number of carbonyl (C=O) groups is 2. The second-order valence-electron chi connectivity index (χ2n) is 6.37. The van der Waals surface area contributed by atoms with Gasteiger partial charge in [-0.1, -0.05) is 18.2 Å². The number of alkyl halides is 3. The van der Waals surface area contributed by atoms with Gasteiger partial charge >= 0.3 is 12.1 Å². The third-order valence-corrected chi connectivity index (χ3v) is 4.27. The Balaban J connectivity index is 1.85. The molecule has 0 aromatic heterocycles. The molecule has 0 bridgehead atoms. The van der Waals surface area contributed by atoms with Crippen LogP contribution in [0.15, 0.2) is 42.5 Å². The zero-order valence-electron chi connectivity index (χ0n) is 14.6. The number of hydrogen-bond donors (Lipinski definition) is 1. The third kappa shape index (κ3) is 3.89. The molecular weight excluding hydrogens is 361 g/mol. The molecule has 5 nitrogen and oxygen atoms in total. The van der Waals surface area contributed by atoms with Crippen LogP contribution in [0.2, 0.25) is 0 Å². The molecule has 3 rings (SSSR count). The second-order valence-corrected chi connectivity index (χ2v) is 6.37. The normalized spacial score (nSPS) is 16.3. The molecule has 27 heavy (non-hydrogen) atoms. The third-order valence-electron chi connectivity index (χ3n) is 4.27. The van der Waals surface area contributed by atoms with Gasteiger partial charge in [-0.25, -0.2) is 4.79 Å². The summed E-state index contributed by atoms with van der Waals surface area (Å²) in [5.74, 6) is -1.48. The van der Waals surface area contributed by atoms with Gasteiger partial charge in [0.05, 0.1) is 16.8 Å². The first kappa shape index (κ1) is 18.8. The number of carbonyl (C=O) groups excluding carboxylic acids is 2. The molecule has 2 aromatic carbocycles. The first-order valence-corrected chi connectivity index (χ1v) is 8.15. The van der Waals surface area contributed by atoms with Crippen LogP contribution in [-0.4, -0.2) is 32.1 Å². The van der Waals surface area contributed by atoms with Crippen LogP contribution in [-0.2, 0) is 22.1 Å². The molecule has 0 unspecified atom stereocenters. The predicted octanol–water partition coefficient (Wildman–Crippen LogP) is 3.49. The lowest BCUT2D eigenvalue weighted by atomic mass is 9.98. The van der Waals surface area contributed by atoms with Gasteiger partial charge in [-0.15, -0.1) is 0 Å². The maximum Gasteiger partial charge on any atom is 0.418 e. The number of benzene rings is 2. The highest BCUT2D eigenvalue weighted by molar-refractivity contribution is 6.00. The maximum absolute atomic E-state index is 13.4. The lowest BCUT2D eigenvalue weighted by Gasteiger charge is -2.25. The van der Waals surface area contributed by atoms with Crippen molar-refractivity contribution in [1.82, 2.24) is 0 Å². The van der Waals surface area contributed by atoms with Gasteiger partial charge in [-0.05, 0) is 29.8 Å². The number of hydrogen-bond acceptors (Lipinski definition) is 4. The quantitative estimate of drug-likeness (QED) is 0.831. The Labute approximate surface area is 153 Å². The van der Waals surface area contributed by atoms with Gasteiger partial charge in [0.25, 0.3) is 5.91 Å². The number of fused-ring (bicyclic) bond motifs is 1. The summed E-state index contributed by atoms with van der Waals surface area (Å²) in [6, 6.07) is 10.3. The summed E-state index contributed by atoms with van der Waals surface area (Å²) in [5.41, 5.74) is -0.0308. The standard InChI is InChI=1S/C19H17F3N2O3/c1-24(2)12-7-8-15(14(10-12)19(20,21)22)23-17(25)16-9-11-5-3-4-6-13(11)18(26)27-16/h3-8,10,16H,9H2,1-2H3,(H,23,25)/t16-/m1/s1. The molecule has 1 aliphatic heterocycles. The molecule has 142 valence electrons. The van der Waals surface area contributed by atoms with E-state index in [0.717, 1.165) is 6.07 Å². The van der Waals surface area contributed by atoms with Crippen molar-refractivity contribution in [3.8, 4) is 0 Å². The van der Waals surface area contributed by atoms with E-state index in [1.54, 1.807) is 38.4 Å². The van der Waals surface area contributed by atoms with Crippen LogP contribution >= 0.6 is 0 Å². The highest BCUT2D eigenvalue weighted by atomic mass is 19.4. The van der Waals surface area contributed by atoms with E-state index in [1.807, 2.05) is 0 Å². The number of halogens is 3. The average Bonchev–Trinajstić information content (AvgIpc) is 2.60. The van der Waals surface area contributed by atoms with Gasteiger partial charge in [-0.3, -0.25) is 4.79 Å². The van der Waals surface area contributed by atoms with Gasteiger partial charge in [0.2, 0.25) is 0 Å². The molecule has 2 aromatic rings. The minimum Gasteiger partial charge on any atom is -0.448 e. The summed E-state index contributed by atoms with van der Waals surface area (Å²) in [7, 11) is 3.24. The summed E-state index contributed by atoms with van der Waals surface area (Å²) in [4.78, 5) is 26.0. The Hall–Kier alpha value is -3.03. The van der Waals surface area contributed by atoms with E-state index in [0.29, 0.717) is 16.8 Å². The van der Waals surface area contributed by atoms with Crippen molar-refractivity contribution >= 4 is 23.3 Å². The van der Waals surface area contributed by atoms with E-state index < -0.39 is 29.7 Å². The molecule has 1 atom stereocenters. The van der Waals surface area contributed by atoms with E-state index in [1.165, 1.54) is 17.0 Å². The summed E-state index contributed by atoms with van der Waals surface area (Å²) >= 11 is 0. The molecule has 8 heteroatoms. The average molecular weight is 378 g/mol. The molecule has 0 saturated heterocycles. The number of cyclic esters (lactones) is 1. The minimum absolute atomic E-state index is 0.102. The summed E-state index contributed by atoms with van der Waals surface area (Å²) in [5, 5.41) is 2.25. The SMILES string of the molecule is CN(C)c1ccc(NC(=O)[C@H]2Cc3ccccc3C(=O)O2)c(C(F)(F)F)c1. The van der Waals surface area contributed by atoms with Crippen LogP contribution in [0.25, 0.3) is 0 Å². The van der Waals surface area contributed by atoms with Crippen LogP contribution in [0.4, 0.5) is 24.5 Å². The fourth-order valence-corrected chi connectivity index (χ4v) is 2.84. The van der Waals surface area contributed by atoms with Gasteiger partial charge < -0.3 is 15.0 Å². The van der Waals surface area contributed by atoms with E-state index >= 15 is 0 Å². The lowest BCUT2D eigenvalue weighted by Crippen LogP contribution is -2.38. The van der Waals surface area contributed by atoms with E-state index in [2.05, 4.69) is 5.32 Å². The van der Waals surface area contributed by atoms with Crippen molar-refractivity contribution in [3.63, 3.8) is 0 Å². The molecular formula is C19H17F3N2O3. The van der Waals surface area contributed by atoms with Crippen LogP contribution in [0.5, 0.6) is 0 Å². The monoisotopic (exact) mass is 378 g/mol. The van der Waals surface area contributed by atoms with Gasteiger partial charge in [-0.2, -0.15) is 13.2 Å². The number of amides is 1. The summed E-state index contributed by atoms with van der Waals surface area (Å²) in [6.07, 6.45) is -5.74. The Morgan fingerprint density at radius 3 is 2.56 bits per heavy atom. The van der Waals surface area contributed by atoms with Crippen LogP contribution in [0, 0.1) is 0 Å². The van der Waals surface area contributed by atoms with Crippen molar-refractivity contribution < 1.29 is 27.5 Å². The molecule has 0 radical (unpaired) electrons. The fraction of sp³-hybridized carbons (Fsp3) is 0.263. The van der Waals surface area contributed by atoms with Crippen molar-refractivity contribution in [2.75, 3.05) is 24.3 Å². The van der Waals surface area contributed by atoms with Gasteiger partial charge in [0.1, 0.15) is 0 Å². The van der Waals surface area contributed by atoms with E-state index in [9.17, 15) is 22.8 Å². The summed E-state index contributed by atoms with van der Waals surface area (Å²) < 4.78 is 45.3. The van der Waals surface area contributed by atoms with Crippen LogP contribution in [0.1, 0.15) is 21.5 Å². The zero-order valence-corrected chi connectivity index (χ0v) is 14.6. The lowest BCUT2D eigenvalue weighted by molar-refractivity contribution is -0.137. The fourth-order valence-electron chi connectivity index (χ4n) is 2.84. The highest BCUT2D eigenvalue weighted by Gasteiger charge is 2.36. The smallest absolute Gasteiger partial charge is 0.418 e. The number of ether oxygens (including phenoxy) is 1. The topological polar surface area (TPSA) is 58.6 Å². The predicted molar refractivity (Wildman–Crippen MR) is 93.8 cm³/mol. The Bertz CT molecular complexity index is 894. The molecule has 1 amide bonds. The first-order chi connectivity index (χ1) is 12.7. The van der Waals surface area contributed by atoms with Crippen molar-refractivity contribution in [2.24, 2.45) is 0 Å². The van der Waals surface area contributed by atoms with Crippen LogP contribution in [0.3, 0.4) is 0 Å². The summed E-state index contributed by atoms with van der Waals surface area (Å²) in [6.45, 7) is 0. The Morgan fingerprint density at radius 2 is 1.89 bits per heavy atom. The first-order valence-electron chi connectivity index (χ1n) is 8.15. The van der Waals surface area contributed by atoms with Crippen molar-refractivity contribution in [1.29, 1.82) is 0 Å². The number of nitrogens with one attached hydrogen (secondary N) is 1. The highest BCUT2D eigenvalue weighted by Crippen LogP contribution is 2.37. The van der Waals surface area contributed by atoms with Gasteiger partial charge in [0, 0.05) is 26.2 Å². The molecule has 0 saturated carbocycles. The zero-order chi connectivity index (χ0) is 19.8. The van der Waals surface area contributed by atoms with Gasteiger partial charge in [0.15, 0.2) is 6.10 Å². The van der Waals surface area contributed by atoms with Crippen molar-refractivity contribution in [3.05, 3.63) is 59.2 Å². The Kier molecular flexibility index (Phi) is 4.82. The molecule has 1 N–H and O–H groups in total. The maximum atomic E-state index is 13.4. The second kappa shape index (κ2) is 6.94. The largest absolute Gasteiger partial charge is 0.448 e. The van der Waals surface area contributed by atoms with Crippen molar-refractivity contribution in [2.45, 2.75) is 18.7 Å². The number of nitrogens with zero attached hydrogens (tertiary/aromatic N) is 1. The number of anilines is 2. The number of rotatable bonds is 3. The van der Waals surface area contributed by atoms with E-state index in [-0.39, 0.29) is 12.1 Å². The molecule has 1 aliphatic rings. The molecule has 1 heterocycles. The van der Waals surface area contributed by atoms with E-state index in [4.69, 9.17) is 4.74 Å². The minimum atomic E-state index is -4.65. The Morgan fingerprint density at radius 1 is 1.19 bits per heavy atom. The molecule has 0 fully saturated rings.